The third kappa shape index (κ3) is 2.38. The van der Waals surface area contributed by atoms with Gasteiger partial charge in [0.25, 0.3) is 10.0 Å². The van der Waals surface area contributed by atoms with Crippen LogP contribution in [0.25, 0.3) is 0 Å². The molecule has 0 radical (unpaired) electrons. The van der Waals surface area contributed by atoms with E-state index in [9.17, 15) is 8.42 Å². The zero-order chi connectivity index (χ0) is 15.2. The van der Waals surface area contributed by atoms with Crippen molar-refractivity contribution in [3.05, 3.63) is 30.0 Å². The molecule has 1 fully saturated rings. The number of hydrogen-bond donors (Lipinski definition) is 0. The molecule has 1 aliphatic heterocycles. The molecule has 114 valence electrons. The fraction of sp³-hybridized carbons (Fsp3) is 0.538. The van der Waals surface area contributed by atoms with Crippen molar-refractivity contribution in [3.8, 4) is 0 Å². The molecular weight excluding hydrogens is 290 g/mol. The molecule has 2 aromatic rings. The molecule has 3 heterocycles. The number of hydrogen-bond acceptors (Lipinski definition) is 4. The second-order valence-corrected chi connectivity index (χ2v) is 7.30. The van der Waals surface area contributed by atoms with Gasteiger partial charge in [-0.1, -0.05) is 0 Å². The highest BCUT2D eigenvalue weighted by atomic mass is 32.2. The van der Waals surface area contributed by atoms with Gasteiger partial charge < -0.3 is 4.57 Å². The topological polar surface area (TPSA) is 73.0 Å². The van der Waals surface area contributed by atoms with Crippen LogP contribution in [0.1, 0.15) is 30.3 Å². The smallest absolute Gasteiger partial charge is 0.262 e. The molecule has 0 amide bonds. The second-order valence-electron chi connectivity index (χ2n) is 5.46. The van der Waals surface area contributed by atoms with E-state index in [-0.39, 0.29) is 11.1 Å². The molecule has 8 heteroatoms. The van der Waals surface area contributed by atoms with E-state index in [0.717, 1.165) is 18.4 Å². The summed E-state index contributed by atoms with van der Waals surface area (Å²) in [6, 6.07) is -0.147. The largest absolute Gasteiger partial charge is 0.337 e. The fourth-order valence-electron chi connectivity index (χ4n) is 2.74. The first kappa shape index (κ1) is 14.3. The summed E-state index contributed by atoms with van der Waals surface area (Å²) in [5.41, 5.74) is 0.936. The number of sulfonamides is 1. The van der Waals surface area contributed by atoms with Crippen LogP contribution in [-0.4, -0.2) is 38.6 Å². The molecule has 7 nitrogen and oxygen atoms in total. The first-order valence-electron chi connectivity index (χ1n) is 6.90. The van der Waals surface area contributed by atoms with Crippen molar-refractivity contribution in [1.82, 2.24) is 23.6 Å². The van der Waals surface area contributed by atoms with E-state index in [1.165, 1.54) is 0 Å². The molecule has 1 atom stereocenters. The Labute approximate surface area is 124 Å². The number of nitrogens with zero attached hydrogens (tertiary/aromatic N) is 5. The summed E-state index contributed by atoms with van der Waals surface area (Å²) in [6.45, 7) is 2.32. The van der Waals surface area contributed by atoms with Crippen molar-refractivity contribution < 1.29 is 8.42 Å². The SMILES string of the molecule is Cc1nc(S(=O)(=O)N2CCCC2c2cnn(C)c2)cn1C. The van der Waals surface area contributed by atoms with Crippen LogP contribution < -0.4 is 0 Å². The van der Waals surface area contributed by atoms with Crippen molar-refractivity contribution in [1.29, 1.82) is 0 Å². The predicted octanol–water partition coefficient (Wildman–Crippen LogP) is 0.988. The van der Waals surface area contributed by atoms with E-state index >= 15 is 0 Å². The van der Waals surface area contributed by atoms with E-state index in [1.807, 2.05) is 13.2 Å². The van der Waals surface area contributed by atoms with Gasteiger partial charge in [0.15, 0.2) is 5.03 Å². The normalized spacial score (nSPS) is 20.2. The maximum Gasteiger partial charge on any atom is 0.262 e. The zero-order valence-corrected chi connectivity index (χ0v) is 13.2. The van der Waals surface area contributed by atoms with Gasteiger partial charge in [0.1, 0.15) is 5.82 Å². The van der Waals surface area contributed by atoms with Crippen LogP contribution in [0.2, 0.25) is 0 Å². The number of aryl methyl sites for hydroxylation is 3. The lowest BCUT2D eigenvalue weighted by Crippen LogP contribution is -2.30. The molecule has 0 aromatic carbocycles. The third-order valence-corrected chi connectivity index (χ3v) is 5.75. The van der Waals surface area contributed by atoms with Crippen LogP contribution >= 0.6 is 0 Å². The minimum atomic E-state index is -3.56. The van der Waals surface area contributed by atoms with E-state index in [2.05, 4.69) is 10.1 Å². The molecule has 0 N–H and O–H groups in total. The van der Waals surface area contributed by atoms with Gasteiger partial charge in [0.2, 0.25) is 0 Å². The number of aromatic nitrogens is 4. The van der Waals surface area contributed by atoms with Crippen LogP contribution in [0.3, 0.4) is 0 Å². The van der Waals surface area contributed by atoms with E-state index in [0.29, 0.717) is 12.4 Å². The molecule has 1 unspecified atom stereocenters. The van der Waals surface area contributed by atoms with Gasteiger partial charge >= 0.3 is 0 Å². The standard InChI is InChI=1S/C13H19N5O2S/c1-10-15-13(9-16(10)2)21(19,20)18-6-4-5-12(18)11-7-14-17(3)8-11/h7-9,12H,4-6H2,1-3H3. The predicted molar refractivity (Wildman–Crippen MR) is 77.0 cm³/mol. The third-order valence-electron chi connectivity index (χ3n) is 3.97. The van der Waals surface area contributed by atoms with Gasteiger partial charge in [0.05, 0.1) is 12.2 Å². The lowest BCUT2D eigenvalue weighted by molar-refractivity contribution is 0.395. The van der Waals surface area contributed by atoms with Crippen LogP contribution in [0.4, 0.5) is 0 Å². The Morgan fingerprint density at radius 3 is 2.62 bits per heavy atom. The minimum absolute atomic E-state index is 0.123. The summed E-state index contributed by atoms with van der Waals surface area (Å²) in [5.74, 6) is 0.686. The average Bonchev–Trinajstić information content (AvgIpc) is 3.10. The van der Waals surface area contributed by atoms with Crippen molar-refractivity contribution in [3.63, 3.8) is 0 Å². The van der Waals surface area contributed by atoms with E-state index in [1.54, 1.807) is 39.9 Å². The fourth-order valence-corrected chi connectivity index (χ4v) is 4.45. The number of imidazole rings is 1. The Morgan fingerprint density at radius 1 is 1.29 bits per heavy atom. The highest BCUT2D eigenvalue weighted by Crippen LogP contribution is 2.35. The van der Waals surface area contributed by atoms with Crippen molar-refractivity contribution >= 4 is 10.0 Å². The number of rotatable bonds is 3. The average molecular weight is 309 g/mol. The summed E-state index contributed by atoms with van der Waals surface area (Å²) < 4.78 is 30.6. The molecular formula is C13H19N5O2S. The maximum atomic E-state index is 12.8. The van der Waals surface area contributed by atoms with Crippen LogP contribution in [0.5, 0.6) is 0 Å². The van der Waals surface area contributed by atoms with Crippen LogP contribution in [-0.2, 0) is 24.1 Å². The maximum absolute atomic E-state index is 12.8. The first-order chi connectivity index (χ1) is 9.89. The Balaban J connectivity index is 1.97. The quantitative estimate of drug-likeness (QED) is 0.847. The molecule has 0 aliphatic carbocycles. The molecule has 3 rings (SSSR count). The summed E-state index contributed by atoms with van der Waals surface area (Å²) >= 11 is 0. The summed E-state index contributed by atoms with van der Waals surface area (Å²) in [7, 11) is 0.0642. The minimum Gasteiger partial charge on any atom is -0.337 e. The lowest BCUT2D eigenvalue weighted by Gasteiger charge is -2.22. The molecule has 2 aromatic heterocycles. The molecule has 1 saturated heterocycles. The van der Waals surface area contributed by atoms with Gasteiger partial charge in [-0.25, -0.2) is 13.4 Å². The Bertz CT molecular complexity index is 742. The summed E-state index contributed by atoms with van der Waals surface area (Å²) in [6.07, 6.45) is 6.86. The molecule has 0 bridgehead atoms. The Hall–Kier alpha value is -1.67. The lowest BCUT2D eigenvalue weighted by atomic mass is 10.1. The monoisotopic (exact) mass is 309 g/mol. The molecule has 21 heavy (non-hydrogen) atoms. The zero-order valence-electron chi connectivity index (χ0n) is 12.4. The van der Waals surface area contributed by atoms with Crippen molar-refractivity contribution in [2.24, 2.45) is 14.1 Å². The summed E-state index contributed by atoms with van der Waals surface area (Å²) in [5, 5.41) is 4.27. The van der Waals surface area contributed by atoms with Gasteiger partial charge in [0, 0.05) is 38.6 Å². The highest BCUT2D eigenvalue weighted by molar-refractivity contribution is 7.89. The molecule has 0 spiro atoms. The van der Waals surface area contributed by atoms with Gasteiger partial charge in [-0.05, 0) is 19.8 Å². The Morgan fingerprint density at radius 2 is 2.05 bits per heavy atom. The highest BCUT2D eigenvalue weighted by Gasteiger charge is 2.38. The molecule has 0 saturated carbocycles. The van der Waals surface area contributed by atoms with E-state index < -0.39 is 10.0 Å². The van der Waals surface area contributed by atoms with Crippen molar-refractivity contribution in [2.45, 2.75) is 30.8 Å². The van der Waals surface area contributed by atoms with Gasteiger partial charge in [-0.15, -0.1) is 0 Å². The second kappa shape index (κ2) is 4.96. The molecule has 1 aliphatic rings. The van der Waals surface area contributed by atoms with Crippen molar-refractivity contribution in [2.75, 3.05) is 6.54 Å². The van der Waals surface area contributed by atoms with E-state index in [4.69, 9.17) is 0 Å². The Kier molecular flexibility index (Phi) is 3.37. The van der Waals surface area contributed by atoms with Crippen LogP contribution in [0.15, 0.2) is 23.6 Å². The van der Waals surface area contributed by atoms with Gasteiger partial charge in [-0.3, -0.25) is 4.68 Å². The first-order valence-corrected chi connectivity index (χ1v) is 8.34. The van der Waals surface area contributed by atoms with Gasteiger partial charge in [-0.2, -0.15) is 9.40 Å². The summed E-state index contributed by atoms with van der Waals surface area (Å²) in [4.78, 5) is 4.17. The van der Waals surface area contributed by atoms with Crippen LogP contribution in [0, 0.1) is 6.92 Å².